The minimum Gasteiger partial charge on any atom is -0.324 e. The van der Waals surface area contributed by atoms with Crippen LogP contribution in [0, 0.1) is 5.92 Å². The topological polar surface area (TPSA) is 26.0 Å². The van der Waals surface area contributed by atoms with Crippen molar-refractivity contribution in [1.29, 1.82) is 0 Å². The maximum atomic E-state index is 5.80. The molecular weight excluding hydrogens is 202 g/mol. The highest BCUT2D eigenvalue weighted by Gasteiger charge is 2.02. The minimum atomic E-state index is 0.138. The summed E-state index contributed by atoms with van der Waals surface area (Å²) >= 11 is 1.93. The Hall–Kier alpha value is -0.470. The Kier molecular flexibility index (Phi) is 5.20. The van der Waals surface area contributed by atoms with Gasteiger partial charge < -0.3 is 5.73 Å². The monoisotopic (exact) mass is 223 g/mol. The van der Waals surface area contributed by atoms with Crippen molar-refractivity contribution in [3.8, 4) is 0 Å². The summed E-state index contributed by atoms with van der Waals surface area (Å²) in [4.78, 5) is 1.35. The van der Waals surface area contributed by atoms with Crippen molar-refractivity contribution in [2.24, 2.45) is 11.7 Å². The first-order valence-electron chi connectivity index (χ1n) is 5.61. The fourth-order valence-corrected chi connectivity index (χ4v) is 2.27. The Balaban J connectivity index is 2.50. The summed E-state index contributed by atoms with van der Waals surface area (Å²) in [6.07, 6.45) is 1.25. The molecule has 15 heavy (non-hydrogen) atoms. The van der Waals surface area contributed by atoms with E-state index in [1.165, 1.54) is 22.6 Å². The zero-order valence-electron chi connectivity index (χ0n) is 9.86. The van der Waals surface area contributed by atoms with Gasteiger partial charge in [0.1, 0.15) is 0 Å². The van der Waals surface area contributed by atoms with Gasteiger partial charge in [-0.1, -0.05) is 32.4 Å². The van der Waals surface area contributed by atoms with Gasteiger partial charge in [-0.25, -0.2) is 0 Å². The number of hydrogen-bond acceptors (Lipinski definition) is 2. The lowest BCUT2D eigenvalue weighted by atomic mass is 10.1. The van der Waals surface area contributed by atoms with E-state index < -0.39 is 0 Å². The third-order valence-electron chi connectivity index (χ3n) is 2.64. The highest BCUT2D eigenvalue weighted by molar-refractivity contribution is 7.99. The standard InChI is InChI=1S/C13H21NS/c1-4-10(2)9-15-13-7-5-12(6-8-13)11(3)14/h5-8,10-11H,4,9,14H2,1-3H3. The van der Waals surface area contributed by atoms with Crippen molar-refractivity contribution < 1.29 is 0 Å². The van der Waals surface area contributed by atoms with Gasteiger partial charge in [-0.3, -0.25) is 0 Å². The maximum Gasteiger partial charge on any atom is 0.0266 e. The van der Waals surface area contributed by atoms with Gasteiger partial charge in [-0.2, -0.15) is 0 Å². The molecule has 1 aromatic carbocycles. The highest BCUT2D eigenvalue weighted by Crippen LogP contribution is 2.23. The van der Waals surface area contributed by atoms with Gasteiger partial charge in [0.25, 0.3) is 0 Å². The molecule has 0 saturated heterocycles. The summed E-state index contributed by atoms with van der Waals surface area (Å²) in [7, 11) is 0. The third-order valence-corrected chi connectivity index (χ3v) is 3.98. The van der Waals surface area contributed by atoms with E-state index in [1.807, 2.05) is 18.7 Å². The van der Waals surface area contributed by atoms with E-state index in [4.69, 9.17) is 5.73 Å². The van der Waals surface area contributed by atoms with E-state index in [1.54, 1.807) is 0 Å². The Labute approximate surface area is 97.4 Å². The number of hydrogen-bond donors (Lipinski definition) is 1. The highest BCUT2D eigenvalue weighted by atomic mass is 32.2. The summed E-state index contributed by atoms with van der Waals surface area (Å²) in [6.45, 7) is 6.55. The SMILES string of the molecule is CCC(C)CSc1ccc(C(C)N)cc1. The van der Waals surface area contributed by atoms with Gasteiger partial charge in [0.15, 0.2) is 0 Å². The molecule has 2 heteroatoms. The van der Waals surface area contributed by atoms with Crippen molar-refractivity contribution >= 4 is 11.8 Å². The fraction of sp³-hybridized carbons (Fsp3) is 0.538. The zero-order chi connectivity index (χ0) is 11.3. The predicted molar refractivity (Wildman–Crippen MR) is 69.2 cm³/mol. The van der Waals surface area contributed by atoms with Gasteiger partial charge in [0.2, 0.25) is 0 Å². The molecule has 0 aromatic heterocycles. The van der Waals surface area contributed by atoms with E-state index in [9.17, 15) is 0 Å². The first-order chi connectivity index (χ1) is 7.13. The first kappa shape index (κ1) is 12.6. The molecule has 0 bridgehead atoms. The van der Waals surface area contributed by atoms with Gasteiger partial charge in [-0.15, -0.1) is 11.8 Å². The molecule has 0 aliphatic rings. The van der Waals surface area contributed by atoms with E-state index in [-0.39, 0.29) is 6.04 Å². The summed E-state index contributed by atoms with van der Waals surface area (Å²) in [5, 5.41) is 0. The summed E-state index contributed by atoms with van der Waals surface area (Å²) in [6, 6.07) is 8.74. The number of thioether (sulfide) groups is 1. The maximum absolute atomic E-state index is 5.80. The molecule has 0 aliphatic heterocycles. The van der Waals surface area contributed by atoms with E-state index >= 15 is 0 Å². The molecule has 2 N–H and O–H groups in total. The number of rotatable bonds is 5. The van der Waals surface area contributed by atoms with Crippen LogP contribution in [-0.4, -0.2) is 5.75 Å². The normalized spacial score (nSPS) is 14.9. The Bertz CT molecular complexity index is 279. The quantitative estimate of drug-likeness (QED) is 0.767. The first-order valence-corrected chi connectivity index (χ1v) is 6.60. The summed E-state index contributed by atoms with van der Waals surface area (Å²) < 4.78 is 0. The minimum absolute atomic E-state index is 0.138. The molecule has 0 radical (unpaired) electrons. The van der Waals surface area contributed by atoms with Crippen molar-refractivity contribution in [1.82, 2.24) is 0 Å². The van der Waals surface area contributed by atoms with Crippen LogP contribution in [0.5, 0.6) is 0 Å². The van der Waals surface area contributed by atoms with Crippen LogP contribution in [-0.2, 0) is 0 Å². The van der Waals surface area contributed by atoms with Crippen LogP contribution in [0.15, 0.2) is 29.2 Å². The second kappa shape index (κ2) is 6.19. The largest absolute Gasteiger partial charge is 0.324 e. The smallest absolute Gasteiger partial charge is 0.0266 e. The van der Waals surface area contributed by atoms with E-state index in [2.05, 4.69) is 38.1 Å². The molecule has 0 saturated carbocycles. The van der Waals surface area contributed by atoms with Crippen LogP contribution in [0.4, 0.5) is 0 Å². The van der Waals surface area contributed by atoms with Gasteiger partial charge >= 0.3 is 0 Å². The average molecular weight is 223 g/mol. The van der Waals surface area contributed by atoms with Gasteiger partial charge in [0, 0.05) is 16.7 Å². The lowest BCUT2D eigenvalue weighted by molar-refractivity contribution is 0.637. The molecule has 0 heterocycles. The molecule has 0 amide bonds. The second-order valence-electron chi connectivity index (χ2n) is 4.18. The lowest BCUT2D eigenvalue weighted by Crippen LogP contribution is -2.04. The van der Waals surface area contributed by atoms with Crippen LogP contribution in [0.2, 0.25) is 0 Å². The number of nitrogens with two attached hydrogens (primary N) is 1. The van der Waals surface area contributed by atoms with Crippen LogP contribution in [0.25, 0.3) is 0 Å². The second-order valence-corrected chi connectivity index (χ2v) is 5.28. The fourth-order valence-electron chi connectivity index (χ4n) is 1.22. The van der Waals surface area contributed by atoms with Gasteiger partial charge in [0.05, 0.1) is 0 Å². The third kappa shape index (κ3) is 4.27. The molecule has 2 atom stereocenters. The van der Waals surface area contributed by atoms with Crippen molar-refractivity contribution in [3.05, 3.63) is 29.8 Å². The average Bonchev–Trinajstić information content (AvgIpc) is 2.26. The molecule has 1 rings (SSSR count). The summed E-state index contributed by atoms with van der Waals surface area (Å²) in [5.41, 5.74) is 7.01. The lowest BCUT2D eigenvalue weighted by Gasteiger charge is -2.09. The van der Waals surface area contributed by atoms with Crippen LogP contribution < -0.4 is 5.73 Å². The molecular formula is C13H21NS. The Morgan fingerprint density at radius 3 is 2.27 bits per heavy atom. The zero-order valence-corrected chi connectivity index (χ0v) is 10.7. The van der Waals surface area contributed by atoms with E-state index in [0.717, 1.165) is 5.92 Å². The molecule has 2 unspecified atom stereocenters. The Morgan fingerprint density at radius 1 is 1.20 bits per heavy atom. The van der Waals surface area contributed by atoms with Crippen LogP contribution in [0.3, 0.4) is 0 Å². The Morgan fingerprint density at radius 2 is 1.80 bits per heavy atom. The van der Waals surface area contributed by atoms with E-state index in [0.29, 0.717) is 0 Å². The number of benzene rings is 1. The molecule has 0 spiro atoms. The molecule has 84 valence electrons. The predicted octanol–water partition coefficient (Wildman–Crippen LogP) is 3.84. The van der Waals surface area contributed by atoms with Crippen molar-refractivity contribution in [2.45, 2.75) is 38.1 Å². The van der Waals surface area contributed by atoms with Crippen LogP contribution >= 0.6 is 11.8 Å². The molecule has 1 aromatic rings. The van der Waals surface area contributed by atoms with Gasteiger partial charge in [-0.05, 0) is 30.5 Å². The van der Waals surface area contributed by atoms with Crippen molar-refractivity contribution in [3.63, 3.8) is 0 Å². The van der Waals surface area contributed by atoms with Crippen LogP contribution in [0.1, 0.15) is 38.8 Å². The van der Waals surface area contributed by atoms with Crippen molar-refractivity contribution in [2.75, 3.05) is 5.75 Å². The molecule has 0 aliphatic carbocycles. The molecule has 1 nitrogen and oxygen atoms in total. The molecule has 0 fully saturated rings. The summed E-state index contributed by atoms with van der Waals surface area (Å²) in [5.74, 6) is 2.00.